The molecule has 0 radical (unpaired) electrons. The molecule has 1 N–H and O–H groups in total. The Labute approximate surface area is 114 Å². The second-order valence-corrected chi connectivity index (χ2v) is 7.34. The summed E-state index contributed by atoms with van der Waals surface area (Å²) in [7, 11) is -3.23. The largest absolute Gasteiger partial charge is 0.491 e. The Morgan fingerprint density at radius 2 is 1.95 bits per heavy atom. The first-order valence-corrected chi connectivity index (χ1v) is 8.44. The molecular formula is C14H20O4S. The van der Waals surface area contributed by atoms with E-state index in [9.17, 15) is 13.5 Å². The van der Waals surface area contributed by atoms with E-state index in [2.05, 4.69) is 0 Å². The highest BCUT2D eigenvalue weighted by molar-refractivity contribution is 7.90. The zero-order valence-electron chi connectivity index (χ0n) is 11.1. The van der Waals surface area contributed by atoms with Crippen molar-refractivity contribution in [2.75, 3.05) is 12.9 Å². The predicted molar refractivity (Wildman–Crippen MR) is 73.1 cm³/mol. The maximum Gasteiger partial charge on any atom is 0.175 e. The van der Waals surface area contributed by atoms with Crippen LogP contribution < -0.4 is 4.74 Å². The van der Waals surface area contributed by atoms with Crippen LogP contribution in [-0.4, -0.2) is 32.0 Å². The summed E-state index contributed by atoms with van der Waals surface area (Å²) in [5, 5.41) is 10.3. The van der Waals surface area contributed by atoms with Gasteiger partial charge >= 0.3 is 0 Å². The lowest BCUT2D eigenvalue weighted by Gasteiger charge is -2.31. The minimum Gasteiger partial charge on any atom is -0.491 e. The van der Waals surface area contributed by atoms with Crippen LogP contribution >= 0.6 is 0 Å². The molecule has 106 valence electrons. The van der Waals surface area contributed by atoms with E-state index in [0.717, 1.165) is 32.1 Å². The molecule has 1 fully saturated rings. The normalized spacial score (nSPS) is 19.1. The second kappa shape index (κ2) is 5.51. The van der Waals surface area contributed by atoms with Crippen molar-refractivity contribution in [1.29, 1.82) is 0 Å². The fraction of sp³-hybridized carbons (Fsp3) is 0.571. The van der Waals surface area contributed by atoms with Crippen molar-refractivity contribution in [3.05, 3.63) is 24.3 Å². The van der Waals surface area contributed by atoms with E-state index in [1.165, 1.54) is 18.4 Å². The van der Waals surface area contributed by atoms with Crippen LogP contribution in [0.3, 0.4) is 0 Å². The molecule has 0 amide bonds. The van der Waals surface area contributed by atoms with E-state index < -0.39 is 15.4 Å². The minimum atomic E-state index is -3.23. The summed E-state index contributed by atoms with van der Waals surface area (Å²) in [5.41, 5.74) is -0.765. The zero-order chi connectivity index (χ0) is 13.9. The lowest BCUT2D eigenvalue weighted by Crippen LogP contribution is -2.37. The number of benzene rings is 1. The molecular weight excluding hydrogens is 264 g/mol. The minimum absolute atomic E-state index is 0.222. The summed E-state index contributed by atoms with van der Waals surface area (Å²) in [6.07, 6.45) is 5.86. The van der Waals surface area contributed by atoms with Crippen molar-refractivity contribution in [3.8, 4) is 5.75 Å². The first kappa shape index (κ1) is 14.3. The van der Waals surface area contributed by atoms with Crippen LogP contribution in [0.1, 0.15) is 32.1 Å². The molecule has 0 unspecified atom stereocenters. The predicted octanol–water partition coefficient (Wildman–Crippen LogP) is 2.16. The lowest BCUT2D eigenvalue weighted by molar-refractivity contribution is -0.0339. The fourth-order valence-corrected chi connectivity index (χ4v) is 3.02. The molecule has 4 nitrogen and oxygen atoms in total. The molecule has 0 aromatic heterocycles. The molecule has 2 rings (SSSR count). The fourth-order valence-electron chi connectivity index (χ4n) is 2.37. The van der Waals surface area contributed by atoms with E-state index in [1.54, 1.807) is 12.1 Å². The van der Waals surface area contributed by atoms with Gasteiger partial charge in [-0.3, -0.25) is 0 Å². The number of hydrogen-bond acceptors (Lipinski definition) is 4. The Kier molecular flexibility index (Phi) is 4.16. The van der Waals surface area contributed by atoms with Crippen molar-refractivity contribution in [2.24, 2.45) is 0 Å². The zero-order valence-corrected chi connectivity index (χ0v) is 11.9. The Balaban J connectivity index is 2.03. The topological polar surface area (TPSA) is 63.6 Å². The van der Waals surface area contributed by atoms with Crippen molar-refractivity contribution in [1.82, 2.24) is 0 Å². The van der Waals surface area contributed by atoms with Crippen molar-refractivity contribution < 1.29 is 18.3 Å². The number of ether oxygens (including phenoxy) is 1. The molecule has 1 aromatic rings. The van der Waals surface area contributed by atoms with Crippen molar-refractivity contribution in [3.63, 3.8) is 0 Å². The van der Waals surface area contributed by atoms with Crippen LogP contribution in [0.4, 0.5) is 0 Å². The van der Waals surface area contributed by atoms with Gasteiger partial charge in [0.05, 0.1) is 10.5 Å². The second-order valence-electron chi connectivity index (χ2n) is 5.32. The first-order chi connectivity index (χ1) is 8.89. The highest BCUT2D eigenvalue weighted by atomic mass is 32.2. The van der Waals surface area contributed by atoms with Gasteiger partial charge in [0.2, 0.25) is 0 Å². The third-order valence-electron chi connectivity index (χ3n) is 3.53. The third-order valence-corrected chi connectivity index (χ3v) is 4.64. The molecule has 1 aliphatic rings. The molecule has 1 saturated carbocycles. The SMILES string of the molecule is CS(=O)(=O)c1cccc(OCC2(O)CCCCC2)c1. The van der Waals surface area contributed by atoms with Gasteiger partial charge in [-0.2, -0.15) is 0 Å². The molecule has 5 heteroatoms. The van der Waals surface area contributed by atoms with Gasteiger partial charge in [0.1, 0.15) is 12.4 Å². The van der Waals surface area contributed by atoms with Crippen LogP contribution in [-0.2, 0) is 9.84 Å². The number of aliphatic hydroxyl groups is 1. The van der Waals surface area contributed by atoms with E-state index in [-0.39, 0.29) is 11.5 Å². The Morgan fingerprint density at radius 3 is 2.58 bits per heavy atom. The van der Waals surface area contributed by atoms with Gasteiger partial charge in [-0.15, -0.1) is 0 Å². The molecule has 0 atom stereocenters. The highest BCUT2D eigenvalue weighted by Gasteiger charge is 2.30. The average Bonchev–Trinajstić information content (AvgIpc) is 2.37. The lowest BCUT2D eigenvalue weighted by atomic mass is 9.85. The van der Waals surface area contributed by atoms with Gasteiger partial charge in [0.15, 0.2) is 9.84 Å². The quantitative estimate of drug-likeness (QED) is 0.920. The average molecular weight is 284 g/mol. The van der Waals surface area contributed by atoms with Crippen LogP contribution in [0, 0.1) is 0 Å². The van der Waals surface area contributed by atoms with E-state index in [1.807, 2.05) is 0 Å². The van der Waals surface area contributed by atoms with Gasteiger partial charge in [0, 0.05) is 6.26 Å². The van der Waals surface area contributed by atoms with Crippen molar-refractivity contribution in [2.45, 2.75) is 42.6 Å². The molecule has 0 saturated heterocycles. The Bertz CT molecular complexity index is 530. The smallest absolute Gasteiger partial charge is 0.175 e. The van der Waals surface area contributed by atoms with Crippen LogP contribution in [0.15, 0.2) is 29.2 Å². The van der Waals surface area contributed by atoms with Gasteiger partial charge in [0.25, 0.3) is 0 Å². The van der Waals surface area contributed by atoms with Gasteiger partial charge in [-0.05, 0) is 31.0 Å². The summed E-state index contributed by atoms with van der Waals surface area (Å²) >= 11 is 0. The Morgan fingerprint density at radius 1 is 1.26 bits per heavy atom. The first-order valence-electron chi connectivity index (χ1n) is 6.54. The summed E-state index contributed by atoms with van der Waals surface area (Å²) in [6, 6.07) is 6.40. The van der Waals surface area contributed by atoms with E-state index in [4.69, 9.17) is 4.74 Å². The Hall–Kier alpha value is -1.07. The van der Waals surface area contributed by atoms with Crippen LogP contribution in [0.5, 0.6) is 5.75 Å². The number of hydrogen-bond donors (Lipinski definition) is 1. The molecule has 1 aromatic carbocycles. The van der Waals surface area contributed by atoms with Gasteiger partial charge < -0.3 is 9.84 Å². The summed E-state index contributed by atoms with van der Waals surface area (Å²) in [4.78, 5) is 0.237. The molecule has 19 heavy (non-hydrogen) atoms. The third kappa shape index (κ3) is 3.94. The van der Waals surface area contributed by atoms with E-state index >= 15 is 0 Å². The van der Waals surface area contributed by atoms with Crippen LogP contribution in [0.25, 0.3) is 0 Å². The molecule has 0 heterocycles. The van der Waals surface area contributed by atoms with Crippen LogP contribution in [0.2, 0.25) is 0 Å². The maximum atomic E-state index is 11.4. The summed E-state index contributed by atoms with van der Waals surface area (Å²) in [6.45, 7) is 0.222. The standard InChI is InChI=1S/C14H20O4S/c1-19(16,17)13-7-5-6-12(10-13)18-11-14(15)8-3-2-4-9-14/h5-7,10,15H,2-4,8-9,11H2,1H3. The van der Waals surface area contributed by atoms with Crippen molar-refractivity contribution >= 4 is 9.84 Å². The molecule has 0 aliphatic heterocycles. The monoisotopic (exact) mass is 284 g/mol. The number of rotatable bonds is 4. The highest BCUT2D eigenvalue weighted by Crippen LogP contribution is 2.29. The van der Waals surface area contributed by atoms with Gasteiger partial charge in [-0.25, -0.2) is 8.42 Å². The van der Waals surface area contributed by atoms with E-state index in [0.29, 0.717) is 5.75 Å². The number of sulfone groups is 1. The molecule has 1 aliphatic carbocycles. The maximum absolute atomic E-state index is 11.4. The molecule has 0 spiro atoms. The summed E-state index contributed by atoms with van der Waals surface area (Å²) in [5.74, 6) is 0.488. The summed E-state index contributed by atoms with van der Waals surface area (Å²) < 4.78 is 28.5. The molecule has 0 bridgehead atoms. The van der Waals surface area contributed by atoms with Gasteiger partial charge in [-0.1, -0.05) is 25.3 Å².